The van der Waals surface area contributed by atoms with Crippen molar-refractivity contribution in [2.24, 2.45) is 5.73 Å². The van der Waals surface area contributed by atoms with E-state index in [0.29, 0.717) is 5.75 Å². The van der Waals surface area contributed by atoms with Crippen molar-refractivity contribution in [1.82, 2.24) is 0 Å². The maximum atomic E-state index is 9.65. The van der Waals surface area contributed by atoms with Crippen molar-refractivity contribution in [1.29, 1.82) is 0 Å². The van der Waals surface area contributed by atoms with Gasteiger partial charge in [-0.25, -0.2) is 0 Å². The van der Waals surface area contributed by atoms with Gasteiger partial charge >= 0.3 is 0 Å². The maximum Gasteiger partial charge on any atom is 0.124 e. The lowest BCUT2D eigenvalue weighted by Crippen LogP contribution is -2.13. The van der Waals surface area contributed by atoms with Crippen LogP contribution in [0.3, 0.4) is 0 Å². The fourth-order valence-electron chi connectivity index (χ4n) is 1.38. The predicted molar refractivity (Wildman–Crippen MR) is 56.5 cm³/mol. The molecule has 0 spiro atoms. The van der Waals surface area contributed by atoms with Crippen LogP contribution in [0.4, 0.5) is 0 Å². The van der Waals surface area contributed by atoms with Gasteiger partial charge in [-0.2, -0.15) is 0 Å². The monoisotopic (exact) mass is 195 g/mol. The Morgan fingerprint density at radius 2 is 1.93 bits per heavy atom. The Bertz CT molecular complexity index is 323. The lowest BCUT2D eigenvalue weighted by atomic mass is 10.0. The first kappa shape index (κ1) is 11.0. The number of aliphatic hydroxyl groups is 1. The van der Waals surface area contributed by atoms with Gasteiger partial charge in [0.05, 0.1) is 13.2 Å². The fourth-order valence-corrected chi connectivity index (χ4v) is 1.38. The topological polar surface area (TPSA) is 55.5 Å². The summed E-state index contributed by atoms with van der Waals surface area (Å²) in [7, 11) is 1.59. The van der Waals surface area contributed by atoms with Crippen LogP contribution < -0.4 is 10.5 Å². The summed E-state index contributed by atoms with van der Waals surface area (Å²) in [5, 5.41) is 9.65. The molecule has 1 rings (SSSR count). The Labute approximate surface area is 84.5 Å². The zero-order valence-corrected chi connectivity index (χ0v) is 8.87. The number of hydrogen-bond acceptors (Lipinski definition) is 3. The van der Waals surface area contributed by atoms with Gasteiger partial charge in [0.15, 0.2) is 0 Å². The minimum absolute atomic E-state index is 0.207. The SMILES string of the molecule is COc1cc(C)c(C)cc1C(O)CN. The van der Waals surface area contributed by atoms with Gasteiger partial charge in [0.1, 0.15) is 5.75 Å². The van der Waals surface area contributed by atoms with E-state index < -0.39 is 6.10 Å². The van der Waals surface area contributed by atoms with E-state index in [1.54, 1.807) is 7.11 Å². The summed E-state index contributed by atoms with van der Waals surface area (Å²) >= 11 is 0. The molecule has 0 aromatic heterocycles. The summed E-state index contributed by atoms with van der Waals surface area (Å²) in [4.78, 5) is 0. The van der Waals surface area contributed by atoms with Gasteiger partial charge in [-0.1, -0.05) is 0 Å². The Balaban J connectivity index is 3.19. The molecule has 0 saturated heterocycles. The molecule has 1 aromatic rings. The minimum Gasteiger partial charge on any atom is -0.496 e. The Hall–Kier alpha value is -1.06. The molecule has 3 nitrogen and oxygen atoms in total. The molecule has 1 unspecified atom stereocenters. The first-order valence-electron chi connectivity index (χ1n) is 4.63. The summed E-state index contributed by atoms with van der Waals surface area (Å²) in [6.45, 7) is 4.22. The van der Waals surface area contributed by atoms with E-state index in [4.69, 9.17) is 10.5 Å². The van der Waals surface area contributed by atoms with E-state index in [-0.39, 0.29) is 6.54 Å². The lowest BCUT2D eigenvalue weighted by Gasteiger charge is -2.15. The van der Waals surface area contributed by atoms with Crippen LogP contribution in [0.5, 0.6) is 5.75 Å². The van der Waals surface area contributed by atoms with Crippen molar-refractivity contribution >= 4 is 0 Å². The second-order valence-corrected chi connectivity index (χ2v) is 3.43. The highest BCUT2D eigenvalue weighted by molar-refractivity contribution is 5.43. The summed E-state index contributed by atoms with van der Waals surface area (Å²) in [5.41, 5.74) is 8.45. The van der Waals surface area contributed by atoms with Crippen LogP contribution >= 0.6 is 0 Å². The van der Waals surface area contributed by atoms with E-state index in [9.17, 15) is 5.11 Å². The van der Waals surface area contributed by atoms with E-state index >= 15 is 0 Å². The molecule has 0 aliphatic rings. The third-order valence-corrected chi connectivity index (χ3v) is 2.43. The fraction of sp³-hybridized carbons (Fsp3) is 0.455. The van der Waals surface area contributed by atoms with Crippen LogP contribution in [0, 0.1) is 13.8 Å². The molecule has 0 aliphatic heterocycles. The Morgan fingerprint density at radius 3 is 2.43 bits per heavy atom. The van der Waals surface area contributed by atoms with Crippen molar-refractivity contribution in [3.8, 4) is 5.75 Å². The van der Waals surface area contributed by atoms with Gasteiger partial charge in [-0.05, 0) is 37.1 Å². The molecule has 0 heterocycles. The third kappa shape index (κ3) is 2.05. The molecule has 1 aromatic carbocycles. The van der Waals surface area contributed by atoms with Crippen molar-refractivity contribution in [2.45, 2.75) is 20.0 Å². The van der Waals surface area contributed by atoms with Crippen LogP contribution in [-0.4, -0.2) is 18.8 Å². The van der Waals surface area contributed by atoms with Crippen molar-refractivity contribution in [3.63, 3.8) is 0 Å². The molecule has 14 heavy (non-hydrogen) atoms. The largest absolute Gasteiger partial charge is 0.496 e. The quantitative estimate of drug-likeness (QED) is 0.764. The zero-order valence-electron chi connectivity index (χ0n) is 8.87. The number of benzene rings is 1. The highest BCUT2D eigenvalue weighted by atomic mass is 16.5. The summed E-state index contributed by atoms with van der Waals surface area (Å²) in [5.74, 6) is 0.700. The average Bonchev–Trinajstić information content (AvgIpc) is 2.20. The molecule has 3 N–H and O–H groups in total. The molecular formula is C11H17NO2. The first-order chi connectivity index (χ1) is 6.60. The van der Waals surface area contributed by atoms with Gasteiger partial charge in [-0.3, -0.25) is 0 Å². The first-order valence-corrected chi connectivity index (χ1v) is 4.63. The molecule has 0 radical (unpaired) electrons. The average molecular weight is 195 g/mol. The number of hydrogen-bond donors (Lipinski definition) is 2. The zero-order chi connectivity index (χ0) is 10.7. The summed E-state index contributed by atoms with van der Waals surface area (Å²) in [6.07, 6.45) is -0.649. The van der Waals surface area contributed by atoms with Gasteiger partial charge in [0.2, 0.25) is 0 Å². The van der Waals surface area contributed by atoms with Gasteiger partial charge in [-0.15, -0.1) is 0 Å². The van der Waals surface area contributed by atoms with Crippen LogP contribution in [0.2, 0.25) is 0 Å². The lowest BCUT2D eigenvalue weighted by molar-refractivity contribution is 0.182. The number of nitrogens with two attached hydrogens (primary N) is 1. The molecule has 1 atom stereocenters. The van der Waals surface area contributed by atoms with Gasteiger partial charge in [0.25, 0.3) is 0 Å². The molecular weight excluding hydrogens is 178 g/mol. The van der Waals surface area contributed by atoms with Crippen LogP contribution in [0.25, 0.3) is 0 Å². The number of aryl methyl sites for hydroxylation is 2. The molecule has 0 amide bonds. The molecule has 0 aliphatic carbocycles. The van der Waals surface area contributed by atoms with Crippen molar-refractivity contribution < 1.29 is 9.84 Å². The summed E-state index contributed by atoms with van der Waals surface area (Å²) < 4.78 is 5.19. The van der Waals surface area contributed by atoms with Gasteiger partial charge < -0.3 is 15.6 Å². The highest BCUT2D eigenvalue weighted by Crippen LogP contribution is 2.27. The molecule has 78 valence electrons. The Morgan fingerprint density at radius 1 is 1.36 bits per heavy atom. The molecule has 0 fully saturated rings. The van der Waals surface area contributed by atoms with Gasteiger partial charge in [0, 0.05) is 12.1 Å². The Kier molecular flexibility index (Phi) is 3.49. The van der Waals surface area contributed by atoms with Crippen LogP contribution in [-0.2, 0) is 0 Å². The molecule has 0 saturated carbocycles. The number of ether oxygens (including phenoxy) is 1. The second-order valence-electron chi connectivity index (χ2n) is 3.43. The standard InChI is InChI=1S/C11H17NO2/c1-7-4-9(10(13)6-12)11(14-3)5-8(7)2/h4-5,10,13H,6,12H2,1-3H3. The molecule has 0 bridgehead atoms. The number of methoxy groups -OCH3 is 1. The normalized spacial score (nSPS) is 12.6. The third-order valence-electron chi connectivity index (χ3n) is 2.43. The number of aliphatic hydroxyl groups excluding tert-OH is 1. The van der Waals surface area contributed by atoms with E-state index in [1.807, 2.05) is 26.0 Å². The van der Waals surface area contributed by atoms with Crippen LogP contribution in [0.1, 0.15) is 22.8 Å². The highest BCUT2D eigenvalue weighted by Gasteiger charge is 2.12. The predicted octanol–water partition coefficient (Wildman–Crippen LogP) is 1.30. The smallest absolute Gasteiger partial charge is 0.124 e. The second kappa shape index (κ2) is 4.44. The van der Waals surface area contributed by atoms with E-state index in [2.05, 4.69) is 0 Å². The van der Waals surface area contributed by atoms with E-state index in [0.717, 1.165) is 16.7 Å². The maximum absolute atomic E-state index is 9.65. The minimum atomic E-state index is -0.649. The summed E-state index contributed by atoms with van der Waals surface area (Å²) in [6, 6.07) is 3.84. The molecule has 3 heteroatoms. The van der Waals surface area contributed by atoms with Crippen molar-refractivity contribution in [3.05, 3.63) is 28.8 Å². The number of rotatable bonds is 3. The van der Waals surface area contributed by atoms with E-state index in [1.165, 1.54) is 0 Å². The van der Waals surface area contributed by atoms with Crippen LogP contribution in [0.15, 0.2) is 12.1 Å². The van der Waals surface area contributed by atoms with Crippen molar-refractivity contribution in [2.75, 3.05) is 13.7 Å².